The van der Waals surface area contributed by atoms with Gasteiger partial charge in [0.15, 0.2) is 0 Å². The number of carbonyl (C=O) groups is 2. The van der Waals surface area contributed by atoms with Crippen LogP contribution in [0.25, 0.3) is 0 Å². The third-order valence-corrected chi connectivity index (χ3v) is 7.33. The van der Waals surface area contributed by atoms with Gasteiger partial charge in [-0.25, -0.2) is 9.59 Å². The van der Waals surface area contributed by atoms with Crippen molar-refractivity contribution in [1.29, 1.82) is 0 Å². The van der Waals surface area contributed by atoms with Gasteiger partial charge in [0.25, 0.3) is 0 Å². The molecule has 0 aromatic heterocycles. The van der Waals surface area contributed by atoms with Gasteiger partial charge in [-0.3, -0.25) is 0 Å². The molecule has 6 nitrogen and oxygen atoms in total. The van der Waals surface area contributed by atoms with Gasteiger partial charge in [-0.2, -0.15) is 0 Å². The van der Waals surface area contributed by atoms with Gasteiger partial charge in [0, 0.05) is 29.2 Å². The van der Waals surface area contributed by atoms with Gasteiger partial charge in [0.2, 0.25) is 5.79 Å². The smallest absolute Gasteiger partial charge is 0.336 e. The molecule has 1 aliphatic heterocycles. The van der Waals surface area contributed by atoms with Crippen LogP contribution in [0.5, 0.6) is 0 Å². The predicted octanol–water partition coefficient (Wildman–Crippen LogP) is 3.04. The third-order valence-electron chi connectivity index (χ3n) is 7.33. The molecule has 0 aromatic carbocycles. The van der Waals surface area contributed by atoms with Crippen molar-refractivity contribution in [2.45, 2.75) is 77.8 Å². The maximum atomic E-state index is 12.4. The highest BCUT2D eigenvalue weighted by atomic mass is 16.7. The molecule has 2 saturated carbocycles. The van der Waals surface area contributed by atoms with Crippen LogP contribution in [-0.2, 0) is 23.8 Å². The Morgan fingerprint density at radius 3 is 2.63 bits per heavy atom. The molecule has 27 heavy (non-hydrogen) atoms. The van der Waals surface area contributed by atoms with E-state index >= 15 is 0 Å². The number of aliphatic hydroxyl groups is 1. The number of esters is 2. The van der Waals surface area contributed by atoms with Crippen LogP contribution in [0.2, 0.25) is 0 Å². The lowest BCUT2D eigenvalue weighted by atomic mass is 9.50. The number of methoxy groups -OCH3 is 1. The van der Waals surface area contributed by atoms with Crippen molar-refractivity contribution in [1.82, 2.24) is 0 Å². The molecule has 0 aromatic rings. The summed E-state index contributed by atoms with van der Waals surface area (Å²) in [7, 11) is 1.48. The second kappa shape index (κ2) is 6.45. The first-order chi connectivity index (χ1) is 12.5. The van der Waals surface area contributed by atoms with Crippen molar-refractivity contribution in [2.75, 3.05) is 7.11 Å². The van der Waals surface area contributed by atoms with Crippen LogP contribution in [0.15, 0.2) is 22.8 Å². The Bertz CT molecular complexity index is 737. The van der Waals surface area contributed by atoms with Gasteiger partial charge in [0.1, 0.15) is 11.7 Å². The summed E-state index contributed by atoms with van der Waals surface area (Å²) in [5.41, 5.74) is -0.0764. The Hall–Kier alpha value is -1.66. The number of fused-ring (bicyclic) bond motifs is 2. The minimum atomic E-state index is -1.36. The van der Waals surface area contributed by atoms with Gasteiger partial charge < -0.3 is 19.3 Å². The van der Waals surface area contributed by atoms with Crippen molar-refractivity contribution < 1.29 is 28.9 Å². The molecule has 0 bridgehead atoms. The molecule has 0 radical (unpaired) electrons. The molecule has 6 heteroatoms. The largest absolute Gasteiger partial charge is 0.456 e. The molecule has 0 spiro atoms. The van der Waals surface area contributed by atoms with Crippen LogP contribution in [0, 0.1) is 11.3 Å². The summed E-state index contributed by atoms with van der Waals surface area (Å²) in [6, 6.07) is 0. The zero-order chi connectivity index (χ0) is 20.2. The van der Waals surface area contributed by atoms with E-state index in [1.807, 2.05) is 6.92 Å². The molecule has 0 unspecified atom stereocenters. The SMILES string of the molecule is C/C=C(/C)C(=O)O[C@H]1CC[C@H](C)[C@@]2(C)CC3=C(C)C(=O)O[C@@]3(OC)C[C@@]12O. The van der Waals surface area contributed by atoms with E-state index in [0.29, 0.717) is 24.0 Å². The fourth-order valence-corrected chi connectivity index (χ4v) is 4.96. The molecular weight excluding hydrogens is 348 g/mol. The fraction of sp³-hybridized carbons (Fsp3) is 0.714. The van der Waals surface area contributed by atoms with Crippen LogP contribution in [0.1, 0.15) is 60.3 Å². The Balaban J connectivity index is 2.05. The maximum absolute atomic E-state index is 12.4. The quantitative estimate of drug-likeness (QED) is 0.600. The van der Waals surface area contributed by atoms with Crippen molar-refractivity contribution in [2.24, 2.45) is 11.3 Å². The normalized spacial score (nSPS) is 41.7. The van der Waals surface area contributed by atoms with Gasteiger partial charge in [-0.05, 0) is 46.0 Å². The van der Waals surface area contributed by atoms with Crippen LogP contribution >= 0.6 is 0 Å². The summed E-state index contributed by atoms with van der Waals surface area (Å²) in [5, 5.41) is 11.9. The molecule has 5 atom stereocenters. The molecule has 2 aliphatic carbocycles. The molecule has 3 aliphatic rings. The number of hydrogen-bond acceptors (Lipinski definition) is 6. The first kappa shape index (κ1) is 20.1. The monoisotopic (exact) mass is 378 g/mol. The van der Waals surface area contributed by atoms with E-state index in [9.17, 15) is 14.7 Å². The van der Waals surface area contributed by atoms with Gasteiger partial charge in [-0.15, -0.1) is 0 Å². The lowest BCUT2D eigenvalue weighted by molar-refractivity contribution is -0.284. The summed E-state index contributed by atoms with van der Waals surface area (Å²) in [4.78, 5) is 24.7. The molecule has 1 N–H and O–H groups in total. The predicted molar refractivity (Wildman–Crippen MR) is 98.5 cm³/mol. The highest BCUT2D eigenvalue weighted by Crippen LogP contribution is 2.62. The van der Waals surface area contributed by atoms with Crippen LogP contribution in [0.3, 0.4) is 0 Å². The van der Waals surface area contributed by atoms with Crippen molar-refractivity contribution in [3.05, 3.63) is 22.8 Å². The average Bonchev–Trinajstić information content (AvgIpc) is 2.87. The first-order valence-corrected chi connectivity index (χ1v) is 9.59. The summed E-state index contributed by atoms with van der Waals surface area (Å²) in [5.74, 6) is -1.94. The summed E-state index contributed by atoms with van der Waals surface area (Å²) >= 11 is 0. The number of allylic oxidation sites excluding steroid dienone is 1. The first-order valence-electron chi connectivity index (χ1n) is 9.59. The number of ether oxygens (including phenoxy) is 3. The van der Waals surface area contributed by atoms with E-state index in [-0.39, 0.29) is 12.3 Å². The van der Waals surface area contributed by atoms with E-state index in [1.165, 1.54) is 7.11 Å². The zero-order valence-electron chi connectivity index (χ0n) is 17.0. The number of hydrogen-bond donors (Lipinski definition) is 1. The number of rotatable bonds is 3. The second-order valence-corrected chi connectivity index (χ2v) is 8.49. The lowest BCUT2D eigenvalue weighted by Crippen LogP contribution is -2.68. The molecule has 3 rings (SSSR count). The summed E-state index contributed by atoms with van der Waals surface area (Å²) < 4.78 is 17.0. The molecule has 0 amide bonds. The zero-order valence-corrected chi connectivity index (χ0v) is 17.0. The maximum Gasteiger partial charge on any atom is 0.336 e. The molecule has 2 fully saturated rings. The Labute approximate surface area is 160 Å². The molecule has 1 heterocycles. The van der Waals surface area contributed by atoms with Crippen molar-refractivity contribution in [3.63, 3.8) is 0 Å². The number of carbonyl (C=O) groups excluding carboxylic acids is 2. The third kappa shape index (κ3) is 2.68. The van der Waals surface area contributed by atoms with Crippen molar-refractivity contribution >= 4 is 11.9 Å². The minimum Gasteiger partial charge on any atom is -0.456 e. The Kier molecular flexibility index (Phi) is 4.80. The molecule has 0 saturated heterocycles. The molecule has 150 valence electrons. The minimum absolute atomic E-state index is 0.0581. The van der Waals surface area contributed by atoms with Crippen LogP contribution < -0.4 is 0 Å². The van der Waals surface area contributed by atoms with Crippen LogP contribution in [0.4, 0.5) is 0 Å². The standard InChI is InChI=1S/C21H30O6/c1-7-12(2)17(22)26-16-9-8-13(3)19(5)10-15-14(4)18(23)27-21(15,25-6)11-20(16,19)24/h7,13,16,24H,8-11H2,1-6H3/b12-7-/t13-,16-,19+,20+,21-/m0/s1. The second-order valence-electron chi connectivity index (χ2n) is 8.49. The lowest BCUT2D eigenvalue weighted by Gasteiger charge is -2.60. The van der Waals surface area contributed by atoms with E-state index in [0.717, 1.165) is 12.0 Å². The average molecular weight is 378 g/mol. The van der Waals surface area contributed by atoms with Crippen molar-refractivity contribution in [3.8, 4) is 0 Å². The van der Waals surface area contributed by atoms with Crippen LogP contribution in [-0.4, -0.2) is 41.6 Å². The topological polar surface area (TPSA) is 82.1 Å². The van der Waals surface area contributed by atoms with E-state index in [4.69, 9.17) is 14.2 Å². The Morgan fingerprint density at radius 2 is 2.04 bits per heavy atom. The van der Waals surface area contributed by atoms with E-state index < -0.39 is 34.8 Å². The van der Waals surface area contributed by atoms with Gasteiger partial charge in [0.05, 0.1) is 6.42 Å². The summed E-state index contributed by atoms with van der Waals surface area (Å²) in [6.45, 7) is 9.33. The van der Waals surface area contributed by atoms with E-state index in [2.05, 4.69) is 6.92 Å². The fourth-order valence-electron chi connectivity index (χ4n) is 4.96. The van der Waals surface area contributed by atoms with Gasteiger partial charge in [-0.1, -0.05) is 19.9 Å². The Morgan fingerprint density at radius 1 is 1.37 bits per heavy atom. The highest BCUT2D eigenvalue weighted by Gasteiger charge is 2.69. The molecular formula is C21H30O6. The highest BCUT2D eigenvalue weighted by molar-refractivity contribution is 5.92. The van der Waals surface area contributed by atoms with E-state index in [1.54, 1.807) is 26.8 Å². The summed E-state index contributed by atoms with van der Waals surface area (Å²) in [6.07, 6.45) is 2.91. The van der Waals surface area contributed by atoms with Gasteiger partial charge >= 0.3 is 11.9 Å².